The van der Waals surface area contributed by atoms with Gasteiger partial charge in [-0.3, -0.25) is 9.59 Å². The Kier molecular flexibility index (Phi) is 9.74. The molecule has 2 aromatic rings. The van der Waals surface area contributed by atoms with Gasteiger partial charge in [0, 0.05) is 25.3 Å². The van der Waals surface area contributed by atoms with Gasteiger partial charge in [-0.05, 0) is 36.8 Å². The lowest BCUT2D eigenvalue weighted by Crippen LogP contribution is -2.22. The van der Waals surface area contributed by atoms with Gasteiger partial charge >= 0.3 is 0 Å². The summed E-state index contributed by atoms with van der Waals surface area (Å²) in [6, 6.07) is 20.1. The molecule has 28 heavy (non-hydrogen) atoms. The Labute approximate surface area is 165 Å². The van der Waals surface area contributed by atoms with Gasteiger partial charge < -0.3 is 0 Å². The molecular weight excluding hydrogens is 352 g/mol. The number of hydrazone groups is 2. The lowest BCUT2D eigenvalue weighted by atomic mass is 10.1. The van der Waals surface area contributed by atoms with Crippen LogP contribution in [0.4, 0.5) is 0 Å². The molecule has 2 aromatic carbocycles. The van der Waals surface area contributed by atoms with Crippen molar-refractivity contribution in [3.8, 4) is 0 Å². The SMILES string of the molecule is O=C(CCC(=O)N/N=C/CCc1ccccc1)N/N=C/CCc1ccccc1. The van der Waals surface area contributed by atoms with E-state index in [4.69, 9.17) is 0 Å². The van der Waals surface area contributed by atoms with Crippen molar-refractivity contribution < 1.29 is 9.59 Å². The molecule has 0 atom stereocenters. The molecule has 146 valence electrons. The highest BCUT2D eigenvalue weighted by atomic mass is 16.2. The summed E-state index contributed by atoms with van der Waals surface area (Å²) in [5, 5.41) is 7.79. The van der Waals surface area contributed by atoms with Crippen molar-refractivity contribution in [1.82, 2.24) is 10.9 Å². The zero-order valence-electron chi connectivity index (χ0n) is 15.9. The number of aryl methyl sites for hydroxylation is 2. The maximum atomic E-state index is 11.7. The van der Waals surface area contributed by atoms with Gasteiger partial charge in [0.1, 0.15) is 0 Å². The van der Waals surface area contributed by atoms with Crippen molar-refractivity contribution >= 4 is 24.2 Å². The van der Waals surface area contributed by atoms with Crippen molar-refractivity contribution in [2.24, 2.45) is 10.2 Å². The molecule has 2 N–H and O–H groups in total. The fourth-order valence-corrected chi connectivity index (χ4v) is 2.46. The third-order valence-corrected chi connectivity index (χ3v) is 3.95. The number of carbonyl (C=O) groups excluding carboxylic acids is 2. The lowest BCUT2D eigenvalue weighted by Gasteiger charge is -2.00. The monoisotopic (exact) mass is 378 g/mol. The van der Waals surface area contributed by atoms with E-state index in [0.29, 0.717) is 0 Å². The Balaban J connectivity index is 1.51. The standard InChI is InChI=1S/C22H26N4O2/c27-21(25-23-17-7-13-19-9-3-1-4-10-19)15-16-22(28)26-24-18-8-14-20-11-5-2-6-12-20/h1-6,9-12,17-18H,7-8,13-16H2,(H,25,27)(H,26,28)/b23-17+,24-18+. The zero-order chi connectivity index (χ0) is 19.9. The molecule has 0 saturated heterocycles. The number of nitrogens with one attached hydrogen (secondary N) is 2. The Morgan fingerprint density at radius 1 is 0.679 bits per heavy atom. The van der Waals surface area contributed by atoms with E-state index in [1.54, 1.807) is 12.4 Å². The maximum absolute atomic E-state index is 11.7. The van der Waals surface area contributed by atoms with Crippen LogP contribution in [0.25, 0.3) is 0 Å². The Hall–Kier alpha value is -3.28. The quantitative estimate of drug-likeness (QED) is 0.465. The molecule has 0 spiro atoms. The predicted molar refractivity (Wildman–Crippen MR) is 112 cm³/mol. The summed E-state index contributed by atoms with van der Waals surface area (Å²) in [7, 11) is 0. The zero-order valence-corrected chi connectivity index (χ0v) is 15.9. The first-order valence-electron chi connectivity index (χ1n) is 9.42. The average molecular weight is 378 g/mol. The minimum Gasteiger partial charge on any atom is -0.273 e. The van der Waals surface area contributed by atoms with Crippen LogP contribution in [0.3, 0.4) is 0 Å². The van der Waals surface area contributed by atoms with Crippen molar-refractivity contribution in [2.45, 2.75) is 38.5 Å². The van der Waals surface area contributed by atoms with Gasteiger partial charge in [0.2, 0.25) is 11.8 Å². The number of rotatable bonds is 11. The van der Waals surface area contributed by atoms with Crippen LogP contribution in [-0.2, 0) is 22.4 Å². The summed E-state index contributed by atoms with van der Waals surface area (Å²) in [5.74, 6) is -0.585. The van der Waals surface area contributed by atoms with E-state index in [0.717, 1.165) is 25.7 Å². The van der Waals surface area contributed by atoms with Crippen LogP contribution >= 0.6 is 0 Å². The van der Waals surface area contributed by atoms with Crippen molar-refractivity contribution in [2.75, 3.05) is 0 Å². The van der Waals surface area contributed by atoms with E-state index in [1.165, 1.54) is 11.1 Å². The Bertz CT molecular complexity index is 706. The summed E-state index contributed by atoms with van der Waals surface area (Å²) in [6.45, 7) is 0. The summed E-state index contributed by atoms with van der Waals surface area (Å²) in [5.41, 5.74) is 7.31. The molecule has 6 heteroatoms. The summed E-state index contributed by atoms with van der Waals surface area (Å²) in [4.78, 5) is 23.3. The van der Waals surface area contributed by atoms with Crippen molar-refractivity contribution in [3.05, 3.63) is 71.8 Å². The van der Waals surface area contributed by atoms with E-state index in [1.807, 2.05) is 36.4 Å². The highest BCUT2D eigenvalue weighted by Gasteiger charge is 2.05. The van der Waals surface area contributed by atoms with E-state index < -0.39 is 0 Å². The van der Waals surface area contributed by atoms with Crippen LogP contribution in [0.5, 0.6) is 0 Å². The summed E-state index contributed by atoms with van der Waals surface area (Å²) < 4.78 is 0. The fourth-order valence-electron chi connectivity index (χ4n) is 2.46. The highest BCUT2D eigenvalue weighted by molar-refractivity contribution is 5.84. The van der Waals surface area contributed by atoms with Crippen LogP contribution in [0.15, 0.2) is 70.9 Å². The molecule has 0 saturated carbocycles. The first-order valence-corrected chi connectivity index (χ1v) is 9.42. The molecule has 0 aliphatic carbocycles. The molecule has 0 fully saturated rings. The number of hydrogen-bond donors (Lipinski definition) is 2. The van der Waals surface area contributed by atoms with Gasteiger partial charge in [-0.15, -0.1) is 0 Å². The third-order valence-electron chi connectivity index (χ3n) is 3.95. The van der Waals surface area contributed by atoms with Crippen molar-refractivity contribution in [3.63, 3.8) is 0 Å². The molecular formula is C22H26N4O2. The average Bonchev–Trinajstić information content (AvgIpc) is 2.73. The molecule has 6 nitrogen and oxygen atoms in total. The molecule has 0 aliphatic rings. The first kappa shape index (κ1) is 21.0. The number of amides is 2. The van der Waals surface area contributed by atoms with Crippen LogP contribution < -0.4 is 10.9 Å². The van der Waals surface area contributed by atoms with Gasteiger partial charge in [0.15, 0.2) is 0 Å². The van der Waals surface area contributed by atoms with Crippen LogP contribution in [0.2, 0.25) is 0 Å². The summed E-state index contributed by atoms with van der Waals surface area (Å²) >= 11 is 0. The Morgan fingerprint density at radius 3 is 1.46 bits per heavy atom. The van der Waals surface area contributed by atoms with E-state index in [-0.39, 0.29) is 24.7 Å². The smallest absolute Gasteiger partial charge is 0.240 e. The second kappa shape index (κ2) is 13.0. The van der Waals surface area contributed by atoms with Gasteiger partial charge in [-0.25, -0.2) is 10.9 Å². The van der Waals surface area contributed by atoms with Gasteiger partial charge in [-0.2, -0.15) is 10.2 Å². The molecule has 2 rings (SSSR count). The first-order chi connectivity index (χ1) is 13.7. The Morgan fingerprint density at radius 2 is 1.07 bits per heavy atom. The lowest BCUT2D eigenvalue weighted by molar-refractivity contribution is -0.126. The predicted octanol–water partition coefficient (Wildman–Crippen LogP) is 3.24. The number of benzene rings is 2. The second-order valence-corrected chi connectivity index (χ2v) is 6.24. The normalized spacial score (nSPS) is 11.0. The highest BCUT2D eigenvalue weighted by Crippen LogP contribution is 2.01. The molecule has 0 aliphatic heterocycles. The molecule has 0 unspecified atom stereocenters. The van der Waals surface area contributed by atoms with Crippen molar-refractivity contribution in [1.29, 1.82) is 0 Å². The minimum absolute atomic E-state index is 0.0708. The molecule has 2 amide bonds. The number of carbonyl (C=O) groups is 2. The molecule has 0 radical (unpaired) electrons. The van der Waals surface area contributed by atoms with E-state index in [9.17, 15) is 9.59 Å². The fraction of sp³-hybridized carbons (Fsp3) is 0.273. The molecule has 0 aromatic heterocycles. The van der Waals surface area contributed by atoms with Crippen LogP contribution in [-0.4, -0.2) is 24.2 Å². The van der Waals surface area contributed by atoms with Crippen LogP contribution in [0.1, 0.15) is 36.8 Å². The number of hydrogen-bond acceptors (Lipinski definition) is 4. The van der Waals surface area contributed by atoms with E-state index >= 15 is 0 Å². The third kappa shape index (κ3) is 9.43. The topological polar surface area (TPSA) is 82.9 Å². The minimum atomic E-state index is -0.292. The molecule has 0 heterocycles. The van der Waals surface area contributed by atoms with Crippen LogP contribution in [0, 0.1) is 0 Å². The largest absolute Gasteiger partial charge is 0.273 e. The second-order valence-electron chi connectivity index (χ2n) is 6.24. The van der Waals surface area contributed by atoms with Gasteiger partial charge in [0.25, 0.3) is 0 Å². The van der Waals surface area contributed by atoms with Gasteiger partial charge in [-0.1, -0.05) is 60.7 Å². The number of nitrogens with zero attached hydrogens (tertiary/aromatic N) is 2. The molecule has 0 bridgehead atoms. The van der Waals surface area contributed by atoms with Gasteiger partial charge in [0.05, 0.1) is 0 Å². The maximum Gasteiger partial charge on any atom is 0.240 e. The summed E-state index contributed by atoms with van der Waals surface area (Å²) in [6.07, 6.45) is 6.69. The van der Waals surface area contributed by atoms with E-state index in [2.05, 4.69) is 45.3 Å².